The Morgan fingerprint density at radius 1 is 1.07 bits per heavy atom. The van der Waals surface area contributed by atoms with Gasteiger partial charge in [-0.2, -0.15) is 13.2 Å². The van der Waals surface area contributed by atoms with E-state index in [1.165, 1.54) is 18.3 Å². The van der Waals surface area contributed by atoms with E-state index in [2.05, 4.69) is 15.0 Å². The van der Waals surface area contributed by atoms with Crippen molar-refractivity contribution in [2.75, 3.05) is 26.4 Å². The molecule has 0 unspecified atom stereocenters. The molecule has 2 aromatic rings. The lowest BCUT2D eigenvalue weighted by molar-refractivity contribution is -0.154. The Bertz CT molecular complexity index is 813. The number of benzene rings is 1. The number of carbonyl (C=O) groups excluding carboxylic acids is 1. The maximum absolute atomic E-state index is 12.4. The van der Waals surface area contributed by atoms with Gasteiger partial charge in [-0.3, -0.25) is 4.79 Å². The van der Waals surface area contributed by atoms with Crippen molar-refractivity contribution in [1.82, 2.24) is 10.3 Å². The average molecular weight is 412 g/mol. The van der Waals surface area contributed by atoms with E-state index in [1.54, 1.807) is 6.07 Å². The monoisotopic (exact) mass is 412 g/mol. The first-order chi connectivity index (χ1) is 13.8. The molecule has 0 saturated carbocycles. The highest BCUT2D eigenvalue weighted by Gasteiger charge is 2.29. The van der Waals surface area contributed by atoms with Crippen LogP contribution in [0.25, 0.3) is 0 Å². The topological polar surface area (TPSA) is 69.7 Å². The highest BCUT2D eigenvalue weighted by Crippen LogP contribution is 2.28. The molecule has 29 heavy (non-hydrogen) atoms. The van der Waals surface area contributed by atoms with Crippen molar-refractivity contribution in [3.8, 4) is 17.4 Å². The maximum Gasteiger partial charge on any atom is 0.422 e. The van der Waals surface area contributed by atoms with E-state index in [-0.39, 0.29) is 18.0 Å². The molecular formula is C20H23F3N2O4. The normalized spacial score (nSPS) is 11.1. The zero-order chi connectivity index (χ0) is 21.3. The van der Waals surface area contributed by atoms with E-state index < -0.39 is 18.7 Å². The summed E-state index contributed by atoms with van der Waals surface area (Å²) in [6.07, 6.45) is -2.76. The van der Waals surface area contributed by atoms with Crippen LogP contribution in [0.1, 0.15) is 29.8 Å². The van der Waals surface area contributed by atoms with Crippen molar-refractivity contribution in [1.29, 1.82) is 0 Å². The third-order valence-corrected chi connectivity index (χ3v) is 3.70. The summed E-state index contributed by atoms with van der Waals surface area (Å²) in [5, 5.41) is 2.66. The molecule has 0 fully saturated rings. The van der Waals surface area contributed by atoms with Gasteiger partial charge in [0.1, 0.15) is 5.56 Å². The van der Waals surface area contributed by atoms with E-state index in [0.717, 1.165) is 5.56 Å². The van der Waals surface area contributed by atoms with Crippen molar-refractivity contribution in [3.05, 3.63) is 47.7 Å². The Kier molecular flexibility index (Phi) is 8.11. The molecule has 1 aromatic heterocycles. The van der Waals surface area contributed by atoms with Crippen molar-refractivity contribution in [2.45, 2.75) is 26.4 Å². The van der Waals surface area contributed by atoms with Gasteiger partial charge >= 0.3 is 6.18 Å². The van der Waals surface area contributed by atoms with Crippen LogP contribution in [0, 0.1) is 0 Å². The minimum atomic E-state index is -4.52. The highest BCUT2D eigenvalue weighted by molar-refractivity contribution is 5.96. The maximum atomic E-state index is 12.4. The van der Waals surface area contributed by atoms with Crippen LogP contribution < -0.4 is 19.5 Å². The number of nitrogens with one attached hydrogen (secondary N) is 1. The van der Waals surface area contributed by atoms with Gasteiger partial charge in [0.2, 0.25) is 5.88 Å². The van der Waals surface area contributed by atoms with Gasteiger partial charge in [0.05, 0.1) is 13.2 Å². The molecule has 0 aliphatic heterocycles. The number of halogens is 3. The molecule has 2 rings (SSSR count). The number of alkyl halides is 3. The van der Waals surface area contributed by atoms with E-state index in [9.17, 15) is 18.0 Å². The van der Waals surface area contributed by atoms with Gasteiger partial charge in [-0.15, -0.1) is 0 Å². The Balaban J connectivity index is 1.97. The van der Waals surface area contributed by atoms with Crippen LogP contribution in [0.5, 0.6) is 17.4 Å². The predicted molar refractivity (Wildman–Crippen MR) is 101 cm³/mol. The average Bonchev–Trinajstić information content (AvgIpc) is 2.68. The minimum absolute atomic E-state index is 0.0570. The van der Waals surface area contributed by atoms with Crippen LogP contribution in [0.2, 0.25) is 0 Å². The second-order valence-corrected chi connectivity index (χ2v) is 5.91. The van der Waals surface area contributed by atoms with Gasteiger partial charge in [0, 0.05) is 12.7 Å². The smallest absolute Gasteiger partial charge is 0.422 e. The van der Waals surface area contributed by atoms with Gasteiger partial charge in [0.15, 0.2) is 18.1 Å². The Labute approximate surface area is 167 Å². The van der Waals surface area contributed by atoms with Crippen molar-refractivity contribution >= 4 is 5.91 Å². The van der Waals surface area contributed by atoms with E-state index in [1.807, 2.05) is 26.0 Å². The molecule has 0 spiro atoms. The molecule has 158 valence electrons. The summed E-state index contributed by atoms with van der Waals surface area (Å²) in [6.45, 7) is 3.50. The minimum Gasteiger partial charge on any atom is -0.490 e. The van der Waals surface area contributed by atoms with Gasteiger partial charge in [-0.1, -0.05) is 6.07 Å². The van der Waals surface area contributed by atoms with Gasteiger partial charge < -0.3 is 19.5 Å². The van der Waals surface area contributed by atoms with E-state index in [0.29, 0.717) is 31.1 Å². The number of hydrogen-bond acceptors (Lipinski definition) is 5. The number of ether oxygens (including phenoxy) is 3. The van der Waals surface area contributed by atoms with Crippen LogP contribution in [0.15, 0.2) is 36.5 Å². The van der Waals surface area contributed by atoms with Crippen LogP contribution >= 0.6 is 0 Å². The fraction of sp³-hybridized carbons (Fsp3) is 0.400. The molecule has 9 heteroatoms. The molecular weight excluding hydrogens is 389 g/mol. The molecule has 1 aromatic carbocycles. The summed E-state index contributed by atoms with van der Waals surface area (Å²) in [5.74, 6) is 0.338. The molecule has 1 amide bonds. The second-order valence-electron chi connectivity index (χ2n) is 5.91. The molecule has 1 N–H and O–H groups in total. The summed E-state index contributed by atoms with van der Waals surface area (Å²) in [5.41, 5.74) is 0.857. The highest BCUT2D eigenvalue weighted by atomic mass is 19.4. The molecule has 0 aliphatic carbocycles. The number of rotatable bonds is 10. The molecule has 0 atom stereocenters. The lowest BCUT2D eigenvalue weighted by Crippen LogP contribution is -2.27. The standard InChI is InChI=1S/C20H23F3N2O4/c1-3-27-16-8-7-14(12-17(16)28-4-2)9-11-24-18(26)15-6-5-10-25-19(15)29-13-20(21,22)23/h5-8,10,12H,3-4,9,11,13H2,1-2H3,(H,24,26). The first-order valence-electron chi connectivity index (χ1n) is 9.15. The molecule has 0 radical (unpaired) electrons. The first-order valence-corrected chi connectivity index (χ1v) is 9.15. The molecule has 0 aliphatic rings. The van der Waals surface area contributed by atoms with Gasteiger partial charge in [0.25, 0.3) is 5.91 Å². The molecule has 0 bridgehead atoms. The predicted octanol–water partition coefficient (Wildman–Crippen LogP) is 3.79. The fourth-order valence-corrected chi connectivity index (χ4v) is 2.50. The zero-order valence-electron chi connectivity index (χ0n) is 16.2. The summed E-state index contributed by atoms with van der Waals surface area (Å²) < 4.78 is 52.8. The lowest BCUT2D eigenvalue weighted by atomic mass is 10.1. The fourth-order valence-electron chi connectivity index (χ4n) is 2.50. The van der Waals surface area contributed by atoms with Gasteiger partial charge in [-0.05, 0) is 50.1 Å². The molecule has 1 heterocycles. The van der Waals surface area contributed by atoms with Gasteiger partial charge in [-0.25, -0.2) is 4.98 Å². The van der Waals surface area contributed by atoms with Crippen molar-refractivity contribution in [3.63, 3.8) is 0 Å². The summed E-state index contributed by atoms with van der Waals surface area (Å²) >= 11 is 0. The second kappa shape index (κ2) is 10.5. The lowest BCUT2D eigenvalue weighted by Gasteiger charge is -2.13. The summed E-state index contributed by atoms with van der Waals surface area (Å²) in [6, 6.07) is 8.31. The quantitative estimate of drug-likeness (QED) is 0.643. The largest absolute Gasteiger partial charge is 0.490 e. The Morgan fingerprint density at radius 2 is 1.79 bits per heavy atom. The number of amides is 1. The Morgan fingerprint density at radius 3 is 2.48 bits per heavy atom. The summed E-state index contributed by atoms with van der Waals surface area (Å²) in [4.78, 5) is 16.0. The van der Waals surface area contributed by atoms with E-state index in [4.69, 9.17) is 9.47 Å². The number of nitrogens with zero attached hydrogens (tertiary/aromatic N) is 1. The number of pyridine rings is 1. The number of carbonyl (C=O) groups is 1. The molecule has 6 nitrogen and oxygen atoms in total. The Hall–Kier alpha value is -2.97. The van der Waals surface area contributed by atoms with Crippen LogP contribution in [0.4, 0.5) is 13.2 Å². The summed E-state index contributed by atoms with van der Waals surface area (Å²) in [7, 11) is 0. The number of hydrogen-bond donors (Lipinski definition) is 1. The SMILES string of the molecule is CCOc1ccc(CCNC(=O)c2cccnc2OCC(F)(F)F)cc1OCC. The van der Waals surface area contributed by atoms with Crippen LogP contribution in [-0.2, 0) is 6.42 Å². The zero-order valence-corrected chi connectivity index (χ0v) is 16.2. The molecule has 0 saturated heterocycles. The number of aromatic nitrogens is 1. The van der Waals surface area contributed by atoms with E-state index >= 15 is 0 Å². The van der Waals surface area contributed by atoms with Crippen LogP contribution in [-0.4, -0.2) is 43.4 Å². The third kappa shape index (κ3) is 7.17. The van der Waals surface area contributed by atoms with Crippen molar-refractivity contribution in [2.24, 2.45) is 0 Å². The van der Waals surface area contributed by atoms with Crippen LogP contribution in [0.3, 0.4) is 0 Å². The third-order valence-electron chi connectivity index (χ3n) is 3.70. The first kappa shape index (κ1) is 22.3. The van der Waals surface area contributed by atoms with Crippen molar-refractivity contribution < 1.29 is 32.2 Å².